The van der Waals surface area contributed by atoms with Gasteiger partial charge in [-0.1, -0.05) is 6.07 Å². The fourth-order valence-electron chi connectivity index (χ4n) is 9.22. The molecule has 0 saturated heterocycles. The average Bonchev–Trinajstić information content (AvgIpc) is 3.39. The van der Waals surface area contributed by atoms with Crippen LogP contribution in [0.25, 0.3) is 5.65 Å². The summed E-state index contributed by atoms with van der Waals surface area (Å²) in [4.78, 5) is 42.3. The molecule has 0 bridgehead atoms. The van der Waals surface area contributed by atoms with Crippen LogP contribution in [-0.4, -0.2) is 51.0 Å². The van der Waals surface area contributed by atoms with E-state index >= 15 is 0 Å². The van der Waals surface area contributed by atoms with E-state index in [-0.39, 0.29) is 47.3 Å². The van der Waals surface area contributed by atoms with Crippen LogP contribution >= 0.6 is 0 Å². The van der Waals surface area contributed by atoms with E-state index in [9.17, 15) is 14.4 Å². The van der Waals surface area contributed by atoms with Crippen molar-refractivity contribution in [2.75, 3.05) is 18.5 Å². The Labute approximate surface area is 210 Å². The zero-order chi connectivity index (χ0) is 24.8. The second-order valence-corrected chi connectivity index (χ2v) is 11.4. The molecule has 0 radical (unpaired) electrons. The maximum Gasteiger partial charge on any atom is 0.270 e. The van der Waals surface area contributed by atoms with Gasteiger partial charge in [0.2, 0.25) is 0 Å². The van der Waals surface area contributed by atoms with Gasteiger partial charge in [-0.05, 0) is 58.6 Å². The third-order valence-corrected chi connectivity index (χ3v) is 10.4. The van der Waals surface area contributed by atoms with Gasteiger partial charge in [0.05, 0.1) is 11.9 Å². The van der Waals surface area contributed by atoms with E-state index in [2.05, 4.69) is 26.0 Å². The molecule has 1 aromatic carbocycles. The summed E-state index contributed by atoms with van der Waals surface area (Å²) < 4.78 is 6.84. The molecule has 0 unspecified atom stereocenters. The Morgan fingerprint density at radius 3 is 2.65 bits per heavy atom. The number of ether oxygens (including phenoxy) is 1. The number of benzene rings is 1. The molecule has 3 amide bonds. The average molecular weight is 498 g/mol. The first kappa shape index (κ1) is 20.1. The minimum absolute atomic E-state index is 0.0135. The number of rotatable bonds is 6. The molecule has 0 spiro atoms. The molecular weight excluding hydrogens is 474 g/mol. The van der Waals surface area contributed by atoms with Crippen LogP contribution in [0.2, 0.25) is 0 Å². The van der Waals surface area contributed by atoms with Crippen molar-refractivity contribution in [3.05, 3.63) is 53.5 Å². The molecule has 6 saturated carbocycles. The molecule has 5 N–H and O–H groups in total. The molecule has 37 heavy (non-hydrogen) atoms. The predicted molar refractivity (Wildman–Crippen MR) is 127 cm³/mol. The molecule has 10 rings (SSSR count). The quantitative estimate of drug-likeness (QED) is 0.379. The lowest BCUT2D eigenvalue weighted by Crippen LogP contribution is -3.15. The van der Waals surface area contributed by atoms with Crippen molar-refractivity contribution < 1.29 is 19.1 Å². The summed E-state index contributed by atoms with van der Waals surface area (Å²) in [5, 5.41) is 13.0. The van der Waals surface area contributed by atoms with E-state index < -0.39 is 5.91 Å². The number of carbonyl (C=O) groups excluding carboxylic acids is 3. The summed E-state index contributed by atoms with van der Waals surface area (Å²) in [5.41, 5.74) is 9.13. The van der Waals surface area contributed by atoms with Crippen LogP contribution < -0.4 is 26.4 Å². The van der Waals surface area contributed by atoms with E-state index in [0.29, 0.717) is 59.1 Å². The molecule has 0 atom stereocenters. The van der Waals surface area contributed by atoms with Gasteiger partial charge >= 0.3 is 0 Å². The Bertz CT molecular complexity index is 1560. The maximum absolute atomic E-state index is 13.3. The number of hydrogen-bond acceptors (Lipinski definition) is 7. The Kier molecular flexibility index (Phi) is 3.32. The highest BCUT2D eigenvalue weighted by molar-refractivity contribution is 5.98. The predicted octanol–water partition coefficient (Wildman–Crippen LogP) is 0.169. The zero-order valence-corrected chi connectivity index (χ0v) is 19.6. The van der Waals surface area contributed by atoms with E-state index in [1.165, 1.54) is 10.6 Å². The van der Waals surface area contributed by atoms with Gasteiger partial charge in [0.1, 0.15) is 17.1 Å². The van der Waals surface area contributed by atoms with Crippen LogP contribution in [-0.2, 0) is 11.3 Å². The van der Waals surface area contributed by atoms with Crippen LogP contribution in [0.5, 0.6) is 5.75 Å². The summed E-state index contributed by atoms with van der Waals surface area (Å²) in [6.07, 6.45) is 1.56. The number of fused-ring (bicyclic) bond motifs is 2. The van der Waals surface area contributed by atoms with Crippen molar-refractivity contribution in [1.82, 2.24) is 25.2 Å². The molecule has 3 aromatic rings. The topological polar surface area (TPSA) is 153 Å². The number of aromatic nitrogens is 3. The second kappa shape index (κ2) is 6.10. The fraction of sp³-hybridized carbons (Fsp3) is 0.423. The molecular formula is C26H23N7O4. The van der Waals surface area contributed by atoms with Crippen molar-refractivity contribution in [3.63, 3.8) is 0 Å². The number of carbonyl (C=O) groups is 3. The first-order chi connectivity index (χ1) is 17.9. The van der Waals surface area contributed by atoms with Crippen LogP contribution in [0.1, 0.15) is 26.5 Å². The highest BCUT2D eigenvalue weighted by Gasteiger charge is 3.08. The van der Waals surface area contributed by atoms with Crippen molar-refractivity contribution in [1.29, 1.82) is 0 Å². The molecule has 7 aliphatic rings. The number of nitrogens with one attached hydrogen (secondary N) is 3. The molecule has 186 valence electrons. The minimum Gasteiger partial charge on any atom is -0.482 e. The summed E-state index contributed by atoms with van der Waals surface area (Å²) in [5.74, 6) is 3.87. The minimum atomic E-state index is -0.412. The highest BCUT2D eigenvalue weighted by Crippen LogP contribution is 3.06. The number of hydrogen-bond donors (Lipinski definition) is 4. The van der Waals surface area contributed by atoms with Gasteiger partial charge in [-0.3, -0.25) is 14.4 Å². The van der Waals surface area contributed by atoms with Crippen LogP contribution in [0, 0.1) is 40.9 Å². The lowest BCUT2D eigenvalue weighted by atomic mass is 8.94. The number of nitrogens with two attached hydrogens (primary N) is 1. The molecule has 11 nitrogen and oxygen atoms in total. The van der Waals surface area contributed by atoms with E-state index in [1.807, 2.05) is 6.07 Å². The van der Waals surface area contributed by atoms with Gasteiger partial charge in [0.15, 0.2) is 12.3 Å². The summed E-state index contributed by atoms with van der Waals surface area (Å²) >= 11 is 0. The third kappa shape index (κ3) is 2.04. The van der Waals surface area contributed by atoms with Crippen LogP contribution in [0.3, 0.4) is 0 Å². The van der Waals surface area contributed by atoms with E-state index in [0.717, 1.165) is 5.56 Å². The molecule has 1 aliphatic heterocycles. The van der Waals surface area contributed by atoms with Gasteiger partial charge in [-0.25, -0.2) is 9.50 Å². The van der Waals surface area contributed by atoms with Crippen LogP contribution in [0.4, 0.5) is 5.69 Å². The number of amides is 3. The van der Waals surface area contributed by atoms with E-state index in [1.54, 1.807) is 24.4 Å². The zero-order valence-electron chi connectivity index (χ0n) is 19.6. The molecule has 6 fully saturated rings. The van der Waals surface area contributed by atoms with Gasteiger partial charge in [0, 0.05) is 30.8 Å². The summed E-state index contributed by atoms with van der Waals surface area (Å²) in [7, 11) is 0. The molecule has 3 heterocycles. The van der Waals surface area contributed by atoms with Gasteiger partial charge in [-0.2, -0.15) is 5.10 Å². The Morgan fingerprint density at radius 2 is 1.86 bits per heavy atom. The summed E-state index contributed by atoms with van der Waals surface area (Å²) in [6, 6.07) is 8.49. The van der Waals surface area contributed by atoms with E-state index in [4.69, 9.17) is 10.5 Å². The van der Waals surface area contributed by atoms with Gasteiger partial charge in [-0.15, -0.1) is 0 Å². The van der Waals surface area contributed by atoms with Gasteiger partial charge < -0.3 is 26.4 Å². The number of anilines is 1. The second-order valence-electron chi connectivity index (χ2n) is 11.4. The largest absolute Gasteiger partial charge is 0.482 e. The van der Waals surface area contributed by atoms with Crippen LogP contribution in [0.15, 0.2) is 36.5 Å². The van der Waals surface area contributed by atoms with Crippen molar-refractivity contribution >= 4 is 29.1 Å². The van der Waals surface area contributed by atoms with Crippen molar-refractivity contribution in [2.45, 2.75) is 12.1 Å². The SMILES string of the molecule is NC12C3C4C1C1C2C3C41CNC(=O)c1cc(C(=O)NCc2ccc3c(c2)NC(=O)CO3)nc2ccnn12. The number of nitrogens with zero attached hydrogens (tertiary/aromatic N) is 3. The third-order valence-electron chi connectivity index (χ3n) is 10.4. The Balaban J connectivity index is 0.917. The Hall–Kier alpha value is -3.99. The highest BCUT2D eigenvalue weighted by atomic mass is 16.5. The Morgan fingerprint density at radius 1 is 1.08 bits per heavy atom. The van der Waals surface area contributed by atoms with Gasteiger partial charge in [0.25, 0.3) is 17.7 Å². The van der Waals surface area contributed by atoms with Crippen molar-refractivity contribution in [3.8, 4) is 5.75 Å². The standard InChI is InChI=1S/C26H23N7O4/c27-26-20-17-21(26)19-22(26)18(20)25(17,19)9-29-24(36)13-6-12(31-15-3-4-30-33(13)15)23(35)28-7-10-1-2-14-11(5-10)32-16(34)8-37-14/h1-6,17-22H,7-9,27H2,(H,28,35)(H,29,36)(H,32,34). The molecule has 11 heteroatoms. The first-order valence-electron chi connectivity index (χ1n) is 12.7. The lowest BCUT2D eigenvalue weighted by molar-refractivity contribution is -0.617. The first-order valence-corrected chi connectivity index (χ1v) is 12.7. The fourth-order valence-corrected chi connectivity index (χ4v) is 9.22. The summed E-state index contributed by atoms with van der Waals surface area (Å²) in [6.45, 7) is 0.867. The molecule has 2 aromatic heterocycles. The smallest absolute Gasteiger partial charge is 0.270 e. The monoisotopic (exact) mass is 497 g/mol. The van der Waals surface area contributed by atoms with Crippen molar-refractivity contribution in [2.24, 2.45) is 46.7 Å². The normalized spacial score (nSPS) is 37.8. The lowest BCUT2D eigenvalue weighted by Gasteiger charge is -3.11. The maximum atomic E-state index is 13.3. The molecule has 6 aliphatic carbocycles.